The van der Waals surface area contributed by atoms with E-state index >= 15 is 0 Å². The number of hydrogen-bond donors (Lipinski definition) is 1. The molecule has 2 fully saturated rings. The molecule has 0 aliphatic carbocycles. The Labute approximate surface area is 134 Å². The lowest BCUT2D eigenvalue weighted by Gasteiger charge is -2.46. The molecule has 1 atom stereocenters. The monoisotopic (exact) mass is 322 g/mol. The maximum absolute atomic E-state index is 12.8. The lowest BCUT2D eigenvalue weighted by molar-refractivity contribution is -0.152. The van der Waals surface area contributed by atoms with Crippen molar-refractivity contribution in [3.63, 3.8) is 0 Å². The number of carbonyl (C=O) groups excluding carboxylic acids is 2. The maximum Gasteiger partial charge on any atom is 0.408 e. The normalized spacial score (nSPS) is 20.5. The third-order valence-electron chi connectivity index (χ3n) is 4.27. The van der Waals surface area contributed by atoms with Crippen LogP contribution in [0.5, 0.6) is 0 Å². The average molecular weight is 323 g/mol. The zero-order chi connectivity index (χ0) is 15.9. The summed E-state index contributed by atoms with van der Waals surface area (Å²) in [6.07, 6.45) is -0.401. The number of benzene rings is 1. The second-order valence-electron chi connectivity index (χ2n) is 6.40. The fourth-order valence-electron chi connectivity index (χ4n) is 3.19. The highest BCUT2D eigenvalue weighted by molar-refractivity contribution is 6.30. The molecule has 1 aromatic carbocycles. The number of hydrogen-bond acceptors (Lipinski definition) is 3. The van der Waals surface area contributed by atoms with E-state index in [1.165, 1.54) is 0 Å². The van der Waals surface area contributed by atoms with Crippen molar-refractivity contribution in [1.29, 1.82) is 0 Å². The standard InChI is InChI=1S/C16H19ClN2O3/c1-10(2)13(11-4-3-5-12(17)6-11)14(20)19-8-16(9-19)7-18-15(21)22-16/h3-6,10,13H,7-9H2,1-2H3,(H,18,21). The van der Waals surface area contributed by atoms with Gasteiger partial charge in [-0.25, -0.2) is 4.79 Å². The summed E-state index contributed by atoms with van der Waals surface area (Å²) in [7, 11) is 0. The third-order valence-corrected chi connectivity index (χ3v) is 4.51. The highest BCUT2D eigenvalue weighted by Crippen LogP contribution is 2.34. The van der Waals surface area contributed by atoms with Crippen LogP contribution >= 0.6 is 11.6 Å². The highest BCUT2D eigenvalue weighted by Gasteiger charge is 2.53. The Kier molecular flexibility index (Phi) is 3.77. The number of nitrogens with one attached hydrogen (secondary N) is 1. The molecule has 2 heterocycles. The van der Waals surface area contributed by atoms with E-state index < -0.39 is 11.7 Å². The minimum Gasteiger partial charge on any atom is -0.437 e. The van der Waals surface area contributed by atoms with E-state index in [4.69, 9.17) is 16.3 Å². The largest absolute Gasteiger partial charge is 0.437 e. The van der Waals surface area contributed by atoms with Crippen LogP contribution in [0.3, 0.4) is 0 Å². The molecule has 1 N–H and O–H groups in total. The molecule has 22 heavy (non-hydrogen) atoms. The maximum atomic E-state index is 12.8. The molecule has 5 nitrogen and oxygen atoms in total. The van der Waals surface area contributed by atoms with Gasteiger partial charge in [0.1, 0.15) is 0 Å². The first-order valence-corrected chi connectivity index (χ1v) is 7.79. The molecular weight excluding hydrogens is 304 g/mol. The molecule has 2 saturated heterocycles. The first kappa shape index (κ1) is 15.2. The van der Waals surface area contributed by atoms with Crippen molar-refractivity contribution in [3.05, 3.63) is 34.9 Å². The van der Waals surface area contributed by atoms with Gasteiger partial charge in [0.2, 0.25) is 5.91 Å². The van der Waals surface area contributed by atoms with Crippen LogP contribution in [0.2, 0.25) is 5.02 Å². The smallest absolute Gasteiger partial charge is 0.408 e. The van der Waals surface area contributed by atoms with Crippen LogP contribution in [-0.2, 0) is 9.53 Å². The minimum absolute atomic E-state index is 0.0610. The van der Waals surface area contributed by atoms with Crippen molar-refractivity contribution < 1.29 is 14.3 Å². The Morgan fingerprint density at radius 2 is 2.14 bits per heavy atom. The van der Waals surface area contributed by atoms with Gasteiger partial charge < -0.3 is 15.0 Å². The number of alkyl carbamates (subject to hydrolysis) is 1. The molecule has 1 aromatic rings. The van der Waals surface area contributed by atoms with Crippen LogP contribution in [0.15, 0.2) is 24.3 Å². The number of likely N-dealkylation sites (tertiary alicyclic amines) is 1. The van der Waals surface area contributed by atoms with Crippen molar-refractivity contribution in [3.8, 4) is 0 Å². The number of halogens is 1. The summed E-state index contributed by atoms with van der Waals surface area (Å²) in [5, 5.41) is 3.28. The highest BCUT2D eigenvalue weighted by atomic mass is 35.5. The Bertz CT molecular complexity index is 611. The van der Waals surface area contributed by atoms with E-state index in [9.17, 15) is 9.59 Å². The number of ether oxygens (including phenoxy) is 1. The SMILES string of the molecule is CC(C)C(C(=O)N1CC2(CNC(=O)O2)C1)c1cccc(Cl)c1. The first-order valence-electron chi connectivity index (χ1n) is 7.41. The Balaban J connectivity index is 1.74. The molecule has 1 spiro atoms. The molecule has 0 radical (unpaired) electrons. The fraction of sp³-hybridized carbons (Fsp3) is 0.500. The predicted octanol–water partition coefficient (Wildman–Crippen LogP) is 2.40. The second kappa shape index (κ2) is 5.47. The molecular formula is C16H19ClN2O3. The predicted molar refractivity (Wildman–Crippen MR) is 82.8 cm³/mol. The summed E-state index contributed by atoms with van der Waals surface area (Å²) < 4.78 is 5.27. The summed E-state index contributed by atoms with van der Waals surface area (Å²) >= 11 is 6.05. The van der Waals surface area contributed by atoms with Gasteiger partial charge in [0.15, 0.2) is 5.60 Å². The van der Waals surface area contributed by atoms with E-state index in [1.807, 2.05) is 32.0 Å². The molecule has 118 valence electrons. The van der Waals surface area contributed by atoms with Crippen LogP contribution in [0.25, 0.3) is 0 Å². The Morgan fingerprint density at radius 1 is 1.41 bits per heavy atom. The summed E-state index contributed by atoms with van der Waals surface area (Å²) in [5.41, 5.74) is 0.401. The number of amides is 2. The van der Waals surface area contributed by atoms with Crippen LogP contribution in [0, 0.1) is 5.92 Å². The van der Waals surface area contributed by atoms with Crippen LogP contribution in [0.4, 0.5) is 4.79 Å². The van der Waals surface area contributed by atoms with Gasteiger partial charge in [0.25, 0.3) is 0 Å². The van der Waals surface area contributed by atoms with Crippen molar-refractivity contribution in [2.45, 2.75) is 25.4 Å². The zero-order valence-electron chi connectivity index (χ0n) is 12.6. The third kappa shape index (κ3) is 2.65. The lowest BCUT2D eigenvalue weighted by Crippen LogP contribution is -2.66. The minimum atomic E-state index is -0.525. The number of rotatable bonds is 3. The first-order chi connectivity index (χ1) is 10.4. The number of carbonyl (C=O) groups is 2. The second-order valence-corrected chi connectivity index (χ2v) is 6.83. The van der Waals surface area contributed by atoms with E-state index in [2.05, 4.69) is 5.32 Å². The molecule has 2 aliphatic heterocycles. The van der Waals surface area contributed by atoms with Crippen LogP contribution in [0.1, 0.15) is 25.3 Å². The molecule has 0 bridgehead atoms. The number of nitrogens with zero attached hydrogens (tertiary/aromatic N) is 1. The quantitative estimate of drug-likeness (QED) is 0.929. The van der Waals surface area contributed by atoms with Gasteiger partial charge in [-0.3, -0.25) is 4.79 Å². The van der Waals surface area contributed by atoms with E-state index in [0.29, 0.717) is 24.7 Å². The fourth-order valence-corrected chi connectivity index (χ4v) is 3.39. The molecule has 0 aromatic heterocycles. The molecule has 0 saturated carbocycles. The average Bonchev–Trinajstić information content (AvgIpc) is 2.79. The van der Waals surface area contributed by atoms with Gasteiger partial charge in [-0.15, -0.1) is 0 Å². The molecule has 1 unspecified atom stereocenters. The summed E-state index contributed by atoms with van der Waals surface area (Å²) in [6, 6.07) is 7.44. The topological polar surface area (TPSA) is 58.6 Å². The van der Waals surface area contributed by atoms with Gasteiger partial charge >= 0.3 is 6.09 Å². The van der Waals surface area contributed by atoms with Crippen LogP contribution in [-0.4, -0.2) is 42.1 Å². The molecule has 3 rings (SSSR count). The van der Waals surface area contributed by atoms with E-state index in [0.717, 1.165) is 5.56 Å². The summed E-state index contributed by atoms with van der Waals surface area (Å²) in [4.78, 5) is 25.8. The molecule has 6 heteroatoms. The zero-order valence-corrected chi connectivity index (χ0v) is 13.4. The lowest BCUT2D eigenvalue weighted by atomic mass is 9.84. The van der Waals surface area contributed by atoms with Gasteiger partial charge in [-0.1, -0.05) is 37.6 Å². The van der Waals surface area contributed by atoms with Crippen LogP contribution < -0.4 is 5.32 Å². The van der Waals surface area contributed by atoms with Crippen molar-refractivity contribution in [2.24, 2.45) is 5.92 Å². The van der Waals surface area contributed by atoms with E-state index in [1.54, 1.807) is 11.0 Å². The van der Waals surface area contributed by atoms with Gasteiger partial charge in [0, 0.05) is 5.02 Å². The molecule has 2 amide bonds. The van der Waals surface area contributed by atoms with E-state index in [-0.39, 0.29) is 17.7 Å². The Hall–Kier alpha value is -1.75. The van der Waals surface area contributed by atoms with Gasteiger partial charge in [0.05, 0.1) is 25.6 Å². The van der Waals surface area contributed by atoms with Gasteiger partial charge in [-0.2, -0.15) is 0 Å². The summed E-state index contributed by atoms with van der Waals surface area (Å²) in [5.74, 6) is -0.0151. The molecule has 2 aliphatic rings. The van der Waals surface area contributed by atoms with Crippen molar-refractivity contribution in [1.82, 2.24) is 10.2 Å². The Morgan fingerprint density at radius 3 is 2.68 bits per heavy atom. The van der Waals surface area contributed by atoms with Crippen molar-refractivity contribution in [2.75, 3.05) is 19.6 Å². The van der Waals surface area contributed by atoms with Crippen molar-refractivity contribution >= 4 is 23.6 Å². The summed E-state index contributed by atoms with van der Waals surface area (Å²) in [6.45, 7) is 5.42. The van der Waals surface area contributed by atoms with Gasteiger partial charge in [-0.05, 0) is 23.6 Å².